The van der Waals surface area contributed by atoms with E-state index in [1.807, 2.05) is 32.9 Å². The number of ether oxygens (including phenoxy) is 1. The molecular formula is C21H20FNO3. The van der Waals surface area contributed by atoms with Crippen LogP contribution in [0.15, 0.2) is 47.0 Å². The molecule has 0 aliphatic rings. The summed E-state index contributed by atoms with van der Waals surface area (Å²) >= 11 is 0. The van der Waals surface area contributed by atoms with Crippen LogP contribution in [-0.4, -0.2) is 11.0 Å². The number of carbonyl (C=O) groups is 1. The van der Waals surface area contributed by atoms with Gasteiger partial charge in [-0.05, 0) is 61.7 Å². The molecule has 0 N–H and O–H groups in total. The standard InChI is InChI=1S/C21H20FNO3/c1-13-4-5-14(2)21(15(13)3)26-20(24)11-10-19-23-12-18(25-19)16-6-8-17(22)9-7-16/h4-9,12H,10-11H2,1-3H3. The highest BCUT2D eigenvalue weighted by Crippen LogP contribution is 2.26. The Bertz CT molecular complexity index is 929. The molecule has 0 radical (unpaired) electrons. The van der Waals surface area contributed by atoms with E-state index in [1.54, 1.807) is 18.3 Å². The summed E-state index contributed by atoms with van der Waals surface area (Å²) in [6.07, 6.45) is 2.07. The Morgan fingerprint density at radius 2 is 1.77 bits per heavy atom. The number of rotatable bonds is 5. The van der Waals surface area contributed by atoms with Gasteiger partial charge in [0.2, 0.25) is 0 Å². The normalized spacial score (nSPS) is 10.8. The van der Waals surface area contributed by atoms with E-state index in [0.29, 0.717) is 23.8 Å². The average molecular weight is 353 g/mol. The number of oxazole rings is 1. The molecule has 4 nitrogen and oxygen atoms in total. The van der Waals surface area contributed by atoms with Crippen molar-refractivity contribution in [3.8, 4) is 17.1 Å². The Morgan fingerprint density at radius 3 is 2.50 bits per heavy atom. The van der Waals surface area contributed by atoms with Crippen LogP contribution in [0.1, 0.15) is 29.0 Å². The molecule has 0 saturated heterocycles. The number of benzene rings is 2. The van der Waals surface area contributed by atoms with Crippen LogP contribution in [0.5, 0.6) is 5.75 Å². The van der Waals surface area contributed by atoms with Gasteiger partial charge in [0, 0.05) is 12.0 Å². The molecule has 1 aromatic heterocycles. The summed E-state index contributed by atoms with van der Waals surface area (Å²) in [4.78, 5) is 16.4. The van der Waals surface area contributed by atoms with Crippen LogP contribution in [0, 0.1) is 26.6 Å². The number of halogens is 1. The van der Waals surface area contributed by atoms with Crippen molar-refractivity contribution >= 4 is 5.97 Å². The van der Waals surface area contributed by atoms with Crippen molar-refractivity contribution < 1.29 is 18.3 Å². The minimum Gasteiger partial charge on any atom is -0.441 e. The highest BCUT2D eigenvalue weighted by molar-refractivity contribution is 5.73. The highest BCUT2D eigenvalue weighted by Gasteiger charge is 2.14. The van der Waals surface area contributed by atoms with Crippen LogP contribution in [0.3, 0.4) is 0 Å². The quantitative estimate of drug-likeness (QED) is 0.481. The molecule has 3 rings (SSSR count). The van der Waals surface area contributed by atoms with Gasteiger partial charge in [-0.1, -0.05) is 12.1 Å². The third-order valence-electron chi connectivity index (χ3n) is 4.31. The van der Waals surface area contributed by atoms with Crippen LogP contribution in [-0.2, 0) is 11.2 Å². The molecule has 3 aromatic rings. The van der Waals surface area contributed by atoms with E-state index in [1.165, 1.54) is 12.1 Å². The van der Waals surface area contributed by atoms with E-state index in [-0.39, 0.29) is 18.2 Å². The average Bonchev–Trinajstić information content (AvgIpc) is 3.10. The molecule has 0 saturated carbocycles. The number of nitrogens with zero attached hydrogens (tertiary/aromatic N) is 1. The predicted octanol–water partition coefficient (Wildman–Crippen LogP) is 4.94. The Hall–Kier alpha value is -2.95. The number of esters is 1. The van der Waals surface area contributed by atoms with Gasteiger partial charge in [-0.2, -0.15) is 0 Å². The second kappa shape index (κ2) is 7.52. The van der Waals surface area contributed by atoms with Crippen molar-refractivity contribution in [3.63, 3.8) is 0 Å². The summed E-state index contributed by atoms with van der Waals surface area (Å²) in [6.45, 7) is 5.84. The number of carbonyl (C=O) groups excluding carboxylic acids is 1. The molecule has 0 amide bonds. The molecule has 26 heavy (non-hydrogen) atoms. The molecule has 0 atom stereocenters. The van der Waals surface area contributed by atoms with Gasteiger partial charge in [0.15, 0.2) is 11.7 Å². The SMILES string of the molecule is Cc1ccc(C)c(OC(=O)CCc2ncc(-c3ccc(F)cc3)o2)c1C. The topological polar surface area (TPSA) is 52.3 Å². The zero-order chi connectivity index (χ0) is 18.7. The Balaban J connectivity index is 1.62. The first-order valence-electron chi connectivity index (χ1n) is 8.42. The third-order valence-corrected chi connectivity index (χ3v) is 4.31. The lowest BCUT2D eigenvalue weighted by molar-refractivity contribution is -0.134. The zero-order valence-electron chi connectivity index (χ0n) is 15.0. The molecule has 1 heterocycles. The lowest BCUT2D eigenvalue weighted by Crippen LogP contribution is -2.11. The van der Waals surface area contributed by atoms with Gasteiger partial charge in [-0.15, -0.1) is 0 Å². The maximum absolute atomic E-state index is 13.0. The van der Waals surface area contributed by atoms with Crippen LogP contribution in [0.2, 0.25) is 0 Å². The number of hydrogen-bond donors (Lipinski definition) is 0. The molecule has 0 aliphatic carbocycles. The summed E-state index contributed by atoms with van der Waals surface area (Å²) < 4.78 is 24.1. The van der Waals surface area contributed by atoms with Gasteiger partial charge in [0.05, 0.1) is 12.6 Å². The molecule has 5 heteroatoms. The largest absolute Gasteiger partial charge is 0.441 e. The molecular weight excluding hydrogens is 333 g/mol. The fourth-order valence-corrected chi connectivity index (χ4v) is 2.63. The summed E-state index contributed by atoms with van der Waals surface area (Å²) in [5.74, 6) is 0.966. The van der Waals surface area contributed by atoms with Crippen molar-refractivity contribution in [3.05, 3.63) is 71.0 Å². The minimum atomic E-state index is -0.330. The smallest absolute Gasteiger partial charge is 0.311 e. The van der Waals surface area contributed by atoms with E-state index in [4.69, 9.17) is 9.15 Å². The zero-order valence-corrected chi connectivity index (χ0v) is 15.0. The molecule has 0 bridgehead atoms. The maximum atomic E-state index is 13.0. The maximum Gasteiger partial charge on any atom is 0.311 e. The highest BCUT2D eigenvalue weighted by atomic mass is 19.1. The fourth-order valence-electron chi connectivity index (χ4n) is 2.63. The first kappa shape index (κ1) is 17.9. The van der Waals surface area contributed by atoms with Gasteiger partial charge in [0.1, 0.15) is 11.6 Å². The van der Waals surface area contributed by atoms with Crippen LogP contribution < -0.4 is 4.74 Å². The molecule has 0 unspecified atom stereocenters. The van der Waals surface area contributed by atoms with Crippen molar-refractivity contribution in [2.45, 2.75) is 33.6 Å². The van der Waals surface area contributed by atoms with Gasteiger partial charge in [-0.25, -0.2) is 9.37 Å². The van der Waals surface area contributed by atoms with Crippen molar-refractivity contribution in [2.75, 3.05) is 0 Å². The van der Waals surface area contributed by atoms with Crippen LogP contribution in [0.25, 0.3) is 11.3 Å². The Labute approximate surface area is 151 Å². The monoisotopic (exact) mass is 353 g/mol. The first-order chi connectivity index (χ1) is 12.4. The second-order valence-electron chi connectivity index (χ2n) is 6.25. The van der Waals surface area contributed by atoms with Gasteiger partial charge >= 0.3 is 5.97 Å². The number of hydrogen-bond acceptors (Lipinski definition) is 4. The van der Waals surface area contributed by atoms with Crippen molar-refractivity contribution in [1.82, 2.24) is 4.98 Å². The van der Waals surface area contributed by atoms with Crippen molar-refractivity contribution in [1.29, 1.82) is 0 Å². The van der Waals surface area contributed by atoms with E-state index in [9.17, 15) is 9.18 Å². The minimum absolute atomic E-state index is 0.163. The number of aryl methyl sites for hydroxylation is 3. The van der Waals surface area contributed by atoms with Crippen LogP contribution >= 0.6 is 0 Å². The van der Waals surface area contributed by atoms with E-state index in [2.05, 4.69) is 4.98 Å². The molecule has 0 spiro atoms. The van der Waals surface area contributed by atoms with E-state index < -0.39 is 0 Å². The van der Waals surface area contributed by atoms with Gasteiger partial charge < -0.3 is 9.15 Å². The predicted molar refractivity (Wildman–Crippen MR) is 96.5 cm³/mol. The van der Waals surface area contributed by atoms with E-state index in [0.717, 1.165) is 22.3 Å². The second-order valence-corrected chi connectivity index (χ2v) is 6.25. The molecule has 0 aliphatic heterocycles. The fraction of sp³-hybridized carbons (Fsp3) is 0.238. The van der Waals surface area contributed by atoms with Crippen molar-refractivity contribution in [2.24, 2.45) is 0 Å². The van der Waals surface area contributed by atoms with Gasteiger partial charge in [0.25, 0.3) is 0 Å². The first-order valence-corrected chi connectivity index (χ1v) is 8.42. The third kappa shape index (κ3) is 3.99. The molecule has 2 aromatic carbocycles. The van der Waals surface area contributed by atoms with E-state index >= 15 is 0 Å². The molecule has 134 valence electrons. The summed E-state index contributed by atoms with van der Waals surface area (Å²) in [6, 6.07) is 9.91. The Kier molecular flexibility index (Phi) is 5.16. The summed E-state index contributed by atoms with van der Waals surface area (Å²) in [5.41, 5.74) is 3.71. The van der Waals surface area contributed by atoms with Gasteiger partial charge in [-0.3, -0.25) is 4.79 Å². The lowest BCUT2D eigenvalue weighted by Gasteiger charge is -2.12. The Morgan fingerprint density at radius 1 is 1.08 bits per heavy atom. The summed E-state index contributed by atoms with van der Waals surface area (Å²) in [7, 11) is 0. The number of aromatic nitrogens is 1. The summed E-state index contributed by atoms with van der Waals surface area (Å²) in [5, 5.41) is 0. The lowest BCUT2D eigenvalue weighted by atomic mass is 10.1. The van der Waals surface area contributed by atoms with Crippen LogP contribution in [0.4, 0.5) is 4.39 Å². The molecule has 0 fully saturated rings.